The fourth-order valence-electron chi connectivity index (χ4n) is 4.23. The predicted octanol–water partition coefficient (Wildman–Crippen LogP) is 2.04. The molecule has 3 rings (SSSR count). The molecule has 2 saturated carbocycles. The van der Waals surface area contributed by atoms with Gasteiger partial charge >= 0.3 is 0 Å². The first-order chi connectivity index (χ1) is 8.26. The second-order valence-electron chi connectivity index (χ2n) is 6.37. The van der Waals surface area contributed by atoms with Gasteiger partial charge < -0.3 is 10.6 Å². The Morgan fingerprint density at radius 1 is 1.22 bits per heavy atom. The van der Waals surface area contributed by atoms with Crippen molar-refractivity contribution >= 4 is 18.3 Å². The van der Waals surface area contributed by atoms with Crippen molar-refractivity contribution in [1.82, 2.24) is 4.90 Å². The van der Waals surface area contributed by atoms with E-state index in [0.717, 1.165) is 44.3 Å². The van der Waals surface area contributed by atoms with Gasteiger partial charge in [-0.1, -0.05) is 6.42 Å². The summed E-state index contributed by atoms with van der Waals surface area (Å²) in [4.78, 5) is 14.3. The molecule has 2 bridgehead atoms. The molecule has 104 valence electrons. The van der Waals surface area contributed by atoms with Gasteiger partial charge in [0, 0.05) is 19.5 Å². The van der Waals surface area contributed by atoms with Crippen LogP contribution in [0.3, 0.4) is 0 Å². The number of hydrogen-bond donors (Lipinski definition) is 1. The minimum atomic E-state index is 0. The van der Waals surface area contributed by atoms with Gasteiger partial charge in [0.25, 0.3) is 0 Å². The normalized spacial score (nSPS) is 37.9. The second-order valence-corrected chi connectivity index (χ2v) is 6.37. The van der Waals surface area contributed by atoms with Crippen molar-refractivity contribution < 1.29 is 4.79 Å². The van der Waals surface area contributed by atoms with Crippen LogP contribution in [0.5, 0.6) is 0 Å². The molecule has 3 fully saturated rings. The first-order valence-corrected chi connectivity index (χ1v) is 7.24. The number of carbonyl (C=O) groups is 1. The molecule has 0 radical (unpaired) electrons. The molecule has 0 aromatic rings. The third-order valence-corrected chi connectivity index (χ3v) is 5.29. The van der Waals surface area contributed by atoms with Crippen molar-refractivity contribution in [3.63, 3.8) is 0 Å². The molecule has 3 aliphatic rings. The average molecular weight is 273 g/mol. The Morgan fingerprint density at radius 3 is 2.61 bits per heavy atom. The number of likely N-dealkylation sites (tertiary alicyclic amines) is 1. The number of amides is 1. The molecular weight excluding hydrogens is 248 g/mol. The van der Waals surface area contributed by atoms with Crippen LogP contribution in [0.4, 0.5) is 0 Å². The van der Waals surface area contributed by atoms with Crippen LogP contribution >= 0.6 is 12.4 Å². The van der Waals surface area contributed by atoms with E-state index in [1.54, 1.807) is 0 Å². The minimum absolute atomic E-state index is 0. The van der Waals surface area contributed by atoms with Gasteiger partial charge in [0.1, 0.15) is 0 Å². The quantitative estimate of drug-likeness (QED) is 0.855. The van der Waals surface area contributed by atoms with Crippen molar-refractivity contribution in [2.24, 2.45) is 29.4 Å². The third kappa shape index (κ3) is 2.67. The van der Waals surface area contributed by atoms with Crippen LogP contribution in [-0.2, 0) is 4.79 Å². The first kappa shape index (κ1) is 14.1. The van der Waals surface area contributed by atoms with Crippen LogP contribution in [-0.4, -0.2) is 30.4 Å². The lowest BCUT2D eigenvalue weighted by Crippen LogP contribution is -2.32. The van der Waals surface area contributed by atoms with Gasteiger partial charge in [-0.05, 0) is 55.9 Å². The van der Waals surface area contributed by atoms with E-state index in [2.05, 4.69) is 4.90 Å². The summed E-state index contributed by atoms with van der Waals surface area (Å²) >= 11 is 0. The highest BCUT2D eigenvalue weighted by Crippen LogP contribution is 2.49. The van der Waals surface area contributed by atoms with Gasteiger partial charge in [0.05, 0.1) is 0 Å². The number of halogens is 1. The Hall–Kier alpha value is -0.280. The number of nitrogens with two attached hydrogens (primary N) is 1. The summed E-state index contributed by atoms with van der Waals surface area (Å²) in [6.45, 7) is 2.59. The zero-order chi connectivity index (χ0) is 11.8. The first-order valence-electron chi connectivity index (χ1n) is 7.24. The summed E-state index contributed by atoms with van der Waals surface area (Å²) in [7, 11) is 0. The summed E-state index contributed by atoms with van der Waals surface area (Å²) in [6.07, 6.45) is 7.47. The van der Waals surface area contributed by atoms with Crippen molar-refractivity contribution in [1.29, 1.82) is 0 Å². The van der Waals surface area contributed by atoms with Crippen LogP contribution in [0, 0.1) is 23.7 Å². The molecule has 3 nitrogen and oxygen atoms in total. The van der Waals surface area contributed by atoms with Gasteiger partial charge in [-0.25, -0.2) is 0 Å². The van der Waals surface area contributed by atoms with E-state index in [4.69, 9.17) is 5.73 Å². The highest BCUT2D eigenvalue weighted by Gasteiger charge is 2.41. The van der Waals surface area contributed by atoms with Gasteiger partial charge in [-0.3, -0.25) is 4.79 Å². The average Bonchev–Trinajstić information content (AvgIpc) is 3.04. The van der Waals surface area contributed by atoms with Crippen LogP contribution in [0.2, 0.25) is 0 Å². The summed E-state index contributed by atoms with van der Waals surface area (Å²) < 4.78 is 0. The van der Waals surface area contributed by atoms with E-state index in [1.165, 1.54) is 25.7 Å². The molecule has 2 N–H and O–H groups in total. The molecule has 4 unspecified atom stereocenters. The molecule has 1 heterocycles. The molecular formula is C14H25ClN2O. The van der Waals surface area contributed by atoms with E-state index >= 15 is 0 Å². The van der Waals surface area contributed by atoms with E-state index in [1.807, 2.05) is 0 Å². The predicted molar refractivity (Wildman–Crippen MR) is 74.5 cm³/mol. The summed E-state index contributed by atoms with van der Waals surface area (Å²) in [5, 5.41) is 0. The zero-order valence-corrected chi connectivity index (χ0v) is 11.8. The number of fused-ring (bicyclic) bond motifs is 2. The maximum Gasteiger partial charge on any atom is 0.222 e. The lowest BCUT2D eigenvalue weighted by atomic mass is 9.86. The molecule has 0 aromatic carbocycles. The number of nitrogens with zero attached hydrogens (tertiary/aromatic N) is 1. The van der Waals surface area contributed by atoms with Crippen molar-refractivity contribution in [2.75, 3.05) is 19.6 Å². The summed E-state index contributed by atoms with van der Waals surface area (Å²) in [6, 6.07) is 0. The zero-order valence-electron chi connectivity index (χ0n) is 11.0. The van der Waals surface area contributed by atoms with E-state index in [9.17, 15) is 4.79 Å². The van der Waals surface area contributed by atoms with E-state index in [-0.39, 0.29) is 12.4 Å². The van der Waals surface area contributed by atoms with Gasteiger partial charge in [0.2, 0.25) is 5.91 Å². The van der Waals surface area contributed by atoms with Crippen molar-refractivity contribution in [3.8, 4) is 0 Å². The molecule has 0 spiro atoms. The maximum absolute atomic E-state index is 12.2. The van der Waals surface area contributed by atoms with Crippen molar-refractivity contribution in [2.45, 2.75) is 38.5 Å². The van der Waals surface area contributed by atoms with Crippen LogP contribution < -0.4 is 5.73 Å². The standard InChI is InChI=1S/C14H24N2O.ClH/c15-8-11-3-4-16(9-11)14(17)7-13-6-10-1-2-12(13)5-10;/h10-13H,1-9,15H2;1H. The van der Waals surface area contributed by atoms with Crippen LogP contribution in [0.15, 0.2) is 0 Å². The van der Waals surface area contributed by atoms with Gasteiger partial charge in [0.15, 0.2) is 0 Å². The molecule has 1 aliphatic heterocycles. The Balaban J connectivity index is 0.00000120. The highest BCUT2D eigenvalue weighted by atomic mass is 35.5. The SMILES string of the molecule is Cl.NCC1CCN(C(=O)CC2CC3CCC2C3)C1. The van der Waals surface area contributed by atoms with E-state index in [0.29, 0.717) is 17.7 Å². The molecule has 1 amide bonds. The number of carbonyl (C=O) groups excluding carboxylic acids is 1. The Labute approximate surface area is 116 Å². The van der Waals surface area contributed by atoms with Crippen LogP contribution in [0.25, 0.3) is 0 Å². The highest BCUT2D eigenvalue weighted by molar-refractivity contribution is 5.85. The van der Waals surface area contributed by atoms with Gasteiger partial charge in [-0.2, -0.15) is 0 Å². The number of hydrogen-bond acceptors (Lipinski definition) is 2. The van der Waals surface area contributed by atoms with Crippen molar-refractivity contribution in [3.05, 3.63) is 0 Å². The molecule has 4 atom stereocenters. The summed E-state index contributed by atoms with van der Waals surface area (Å²) in [5.74, 6) is 3.49. The Morgan fingerprint density at radius 2 is 2.06 bits per heavy atom. The second kappa shape index (κ2) is 5.79. The number of rotatable bonds is 3. The fourth-order valence-corrected chi connectivity index (χ4v) is 4.23. The molecule has 0 aromatic heterocycles. The minimum Gasteiger partial charge on any atom is -0.342 e. The molecule has 18 heavy (non-hydrogen) atoms. The molecule has 4 heteroatoms. The smallest absolute Gasteiger partial charge is 0.222 e. The molecule has 2 aliphatic carbocycles. The Kier molecular flexibility index (Phi) is 4.54. The summed E-state index contributed by atoms with van der Waals surface area (Å²) in [5.41, 5.74) is 5.67. The Bertz CT molecular complexity index is 310. The fraction of sp³-hybridized carbons (Fsp3) is 0.929. The van der Waals surface area contributed by atoms with Crippen LogP contribution in [0.1, 0.15) is 38.5 Å². The van der Waals surface area contributed by atoms with Gasteiger partial charge in [-0.15, -0.1) is 12.4 Å². The lowest BCUT2D eigenvalue weighted by molar-refractivity contribution is -0.131. The molecule has 1 saturated heterocycles. The van der Waals surface area contributed by atoms with E-state index < -0.39 is 0 Å². The maximum atomic E-state index is 12.2. The largest absolute Gasteiger partial charge is 0.342 e. The third-order valence-electron chi connectivity index (χ3n) is 5.29. The lowest BCUT2D eigenvalue weighted by Gasteiger charge is -2.24. The topological polar surface area (TPSA) is 46.3 Å². The monoisotopic (exact) mass is 272 g/mol.